The quantitative estimate of drug-likeness (QED) is 0.855. The van der Waals surface area contributed by atoms with Crippen LogP contribution in [0.25, 0.3) is 0 Å². The Kier molecular flexibility index (Phi) is 3.62. The third kappa shape index (κ3) is 2.51. The number of sulfonamides is 1. The van der Waals surface area contributed by atoms with Gasteiger partial charge in [0.2, 0.25) is 10.0 Å². The summed E-state index contributed by atoms with van der Waals surface area (Å²) in [6.07, 6.45) is 7.45. The standard InChI is InChI=1S/C14H23N3O2S/c1-11(2)17-9-7-15-14(17)12-4-3-8-16(10-12)20(18,19)13-5-6-13/h7,9,11-13H,3-6,8,10H2,1-2H3/t12-/m0/s1. The predicted molar refractivity (Wildman–Crippen MR) is 78.1 cm³/mol. The van der Waals surface area contributed by atoms with Gasteiger partial charge >= 0.3 is 0 Å². The lowest BCUT2D eigenvalue weighted by Gasteiger charge is -2.32. The van der Waals surface area contributed by atoms with E-state index in [0.717, 1.165) is 31.5 Å². The monoisotopic (exact) mass is 297 g/mol. The van der Waals surface area contributed by atoms with Crippen molar-refractivity contribution in [2.75, 3.05) is 13.1 Å². The molecule has 6 heteroatoms. The van der Waals surface area contributed by atoms with Crippen molar-refractivity contribution < 1.29 is 8.42 Å². The first-order chi connectivity index (χ1) is 9.50. The van der Waals surface area contributed by atoms with Crippen LogP contribution in [0.2, 0.25) is 0 Å². The fraction of sp³-hybridized carbons (Fsp3) is 0.786. The molecule has 1 aliphatic carbocycles. The summed E-state index contributed by atoms with van der Waals surface area (Å²) in [5.74, 6) is 1.27. The Morgan fingerprint density at radius 1 is 1.30 bits per heavy atom. The van der Waals surface area contributed by atoms with Crippen LogP contribution in [0.3, 0.4) is 0 Å². The van der Waals surface area contributed by atoms with Crippen molar-refractivity contribution in [3.8, 4) is 0 Å². The van der Waals surface area contributed by atoms with Gasteiger partial charge < -0.3 is 4.57 Å². The van der Waals surface area contributed by atoms with Gasteiger partial charge in [-0.3, -0.25) is 0 Å². The van der Waals surface area contributed by atoms with Crippen LogP contribution in [0.15, 0.2) is 12.4 Å². The molecule has 0 radical (unpaired) electrons. The highest BCUT2D eigenvalue weighted by Crippen LogP contribution is 2.35. The summed E-state index contributed by atoms with van der Waals surface area (Å²) in [7, 11) is -3.05. The Morgan fingerprint density at radius 3 is 2.70 bits per heavy atom. The molecule has 2 aliphatic rings. The van der Waals surface area contributed by atoms with Gasteiger partial charge in [-0.1, -0.05) is 0 Å². The highest BCUT2D eigenvalue weighted by molar-refractivity contribution is 7.90. The number of hydrogen-bond acceptors (Lipinski definition) is 3. The smallest absolute Gasteiger partial charge is 0.217 e. The van der Waals surface area contributed by atoms with Gasteiger partial charge in [-0.15, -0.1) is 0 Å². The number of rotatable bonds is 4. The fourth-order valence-corrected chi connectivity index (χ4v) is 4.96. The maximum Gasteiger partial charge on any atom is 0.217 e. The van der Waals surface area contributed by atoms with E-state index in [4.69, 9.17) is 0 Å². The first-order valence-corrected chi connectivity index (χ1v) is 9.02. The van der Waals surface area contributed by atoms with Gasteiger partial charge in [0.25, 0.3) is 0 Å². The highest BCUT2D eigenvalue weighted by atomic mass is 32.2. The minimum Gasteiger partial charge on any atom is -0.332 e. The normalized spacial score (nSPS) is 25.2. The van der Waals surface area contributed by atoms with E-state index in [9.17, 15) is 8.42 Å². The SMILES string of the molecule is CC(C)n1ccnc1[C@H]1CCCN(S(=O)(=O)C2CC2)C1. The molecule has 3 rings (SSSR count). The number of aromatic nitrogens is 2. The van der Waals surface area contributed by atoms with E-state index < -0.39 is 10.0 Å². The molecule has 0 bridgehead atoms. The van der Waals surface area contributed by atoms with Gasteiger partial charge in [-0.05, 0) is 39.5 Å². The van der Waals surface area contributed by atoms with Gasteiger partial charge in [0, 0.05) is 37.4 Å². The van der Waals surface area contributed by atoms with Crippen LogP contribution in [-0.4, -0.2) is 40.6 Å². The molecule has 1 aromatic heterocycles. The summed E-state index contributed by atoms with van der Waals surface area (Å²) in [4.78, 5) is 4.48. The van der Waals surface area contributed by atoms with Gasteiger partial charge in [0.15, 0.2) is 0 Å². The van der Waals surface area contributed by atoms with Crippen LogP contribution in [0.5, 0.6) is 0 Å². The van der Waals surface area contributed by atoms with Crippen LogP contribution in [0, 0.1) is 0 Å². The number of nitrogens with zero attached hydrogens (tertiary/aromatic N) is 3. The average Bonchev–Trinajstić information content (AvgIpc) is 3.17. The Balaban J connectivity index is 1.80. The molecule has 0 spiro atoms. The van der Waals surface area contributed by atoms with Crippen LogP contribution in [0.4, 0.5) is 0 Å². The Hall–Kier alpha value is -0.880. The minimum absolute atomic E-state index is 0.105. The molecular weight excluding hydrogens is 274 g/mol. The van der Waals surface area contributed by atoms with E-state index >= 15 is 0 Å². The van der Waals surface area contributed by atoms with Crippen LogP contribution >= 0.6 is 0 Å². The van der Waals surface area contributed by atoms with Gasteiger partial charge in [0.05, 0.1) is 5.25 Å². The van der Waals surface area contributed by atoms with Crippen molar-refractivity contribution in [2.45, 2.75) is 56.7 Å². The van der Waals surface area contributed by atoms with E-state index in [2.05, 4.69) is 23.4 Å². The molecule has 112 valence electrons. The van der Waals surface area contributed by atoms with E-state index in [0.29, 0.717) is 19.1 Å². The lowest BCUT2D eigenvalue weighted by atomic mass is 9.98. The Morgan fingerprint density at radius 2 is 2.05 bits per heavy atom. The Bertz CT molecular complexity index is 575. The highest BCUT2D eigenvalue weighted by Gasteiger charge is 2.42. The molecule has 1 atom stereocenters. The minimum atomic E-state index is -3.05. The zero-order chi connectivity index (χ0) is 14.3. The first-order valence-electron chi connectivity index (χ1n) is 7.52. The summed E-state index contributed by atoms with van der Waals surface area (Å²) in [6, 6.07) is 0.364. The van der Waals surface area contributed by atoms with Gasteiger partial charge in [0.1, 0.15) is 5.82 Å². The average molecular weight is 297 g/mol. The molecule has 1 saturated carbocycles. The lowest BCUT2D eigenvalue weighted by molar-refractivity contribution is 0.302. The molecule has 1 aliphatic heterocycles. The van der Waals surface area contributed by atoms with Crippen molar-refractivity contribution in [3.05, 3.63) is 18.2 Å². The molecular formula is C14H23N3O2S. The second-order valence-corrected chi connectivity index (χ2v) is 8.44. The molecule has 0 amide bonds. The van der Waals surface area contributed by atoms with Crippen molar-refractivity contribution in [1.29, 1.82) is 0 Å². The number of piperidine rings is 1. The second kappa shape index (κ2) is 5.15. The van der Waals surface area contributed by atoms with E-state index in [1.807, 2.05) is 12.4 Å². The van der Waals surface area contributed by atoms with Crippen LogP contribution < -0.4 is 0 Å². The van der Waals surface area contributed by atoms with E-state index in [1.165, 1.54) is 0 Å². The molecule has 0 unspecified atom stereocenters. The summed E-state index contributed by atoms with van der Waals surface area (Å²) >= 11 is 0. The van der Waals surface area contributed by atoms with Crippen LogP contribution in [0.1, 0.15) is 57.3 Å². The van der Waals surface area contributed by atoms with E-state index in [-0.39, 0.29) is 11.2 Å². The third-order valence-corrected chi connectivity index (χ3v) is 6.68. The molecule has 1 saturated heterocycles. The summed E-state index contributed by atoms with van der Waals surface area (Å²) in [5.41, 5.74) is 0. The van der Waals surface area contributed by atoms with Crippen molar-refractivity contribution in [3.63, 3.8) is 0 Å². The molecule has 2 heterocycles. The second-order valence-electron chi connectivity index (χ2n) is 6.23. The fourth-order valence-electron chi connectivity index (χ4n) is 3.04. The maximum absolute atomic E-state index is 12.4. The molecule has 20 heavy (non-hydrogen) atoms. The summed E-state index contributed by atoms with van der Waals surface area (Å²) < 4.78 is 28.6. The third-order valence-electron chi connectivity index (χ3n) is 4.31. The van der Waals surface area contributed by atoms with E-state index in [1.54, 1.807) is 4.31 Å². The first kappa shape index (κ1) is 14.1. The molecule has 1 aromatic rings. The van der Waals surface area contributed by atoms with Crippen molar-refractivity contribution in [1.82, 2.24) is 13.9 Å². The van der Waals surface area contributed by atoms with Crippen molar-refractivity contribution in [2.24, 2.45) is 0 Å². The zero-order valence-corrected chi connectivity index (χ0v) is 13.0. The topological polar surface area (TPSA) is 55.2 Å². The molecule has 2 fully saturated rings. The molecule has 0 N–H and O–H groups in total. The zero-order valence-electron chi connectivity index (χ0n) is 12.2. The van der Waals surface area contributed by atoms with Crippen molar-refractivity contribution >= 4 is 10.0 Å². The summed E-state index contributed by atoms with van der Waals surface area (Å²) in [6.45, 7) is 5.54. The number of imidazole rings is 1. The van der Waals surface area contributed by atoms with Gasteiger partial charge in [-0.25, -0.2) is 17.7 Å². The van der Waals surface area contributed by atoms with Gasteiger partial charge in [-0.2, -0.15) is 0 Å². The largest absolute Gasteiger partial charge is 0.332 e. The maximum atomic E-state index is 12.4. The predicted octanol–water partition coefficient (Wildman–Crippen LogP) is 2.14. The number of hydrogen-bond donors (Lipinski definition) is 0. The summed E-state index contributed by atoms with van der Waals surface area (Å²) in [5, 5.41) is -0.105. The Labute approximate surface area is 121 Å². The van der Waals surface area contributed by atoms with Crippen LogP contribution in [-0.2, 0) is 10.0 Å². The molecule has 0 aromatic carbocycles. The molecule has 5 nitrogen and oxygen atoms in total. The lowest BCUT2D eigenvalue weighted by Crippen LogP contribution is -2.41.